The number of nitrogens with one attached hydrogen (secondary N) is 1. The summed E-state index contributed by atoms with van der Waals surface area (Å²) in [6.07, 6.45) is 4.21. The predicted molar refractivity (Wildman–Crippen MR) is 94.5 cm³/mol. The number of amides is 1. The number of likely N-dealkylation sites (tertiary alicyclic amines) is 1. The lowest BCUT2D eigenvalue weighted by Crippen LogP contribution is -2.43. The minimum Gasteiger partial charge on any atom is -0.353 e. The summed E-state index contributed by atoms with van der Waals surface area (Å²) in [4.78, 5) is 19.2. The van der Waals surface area contributed by atoms with Crippen LogP contribution in [0.4, 0.5) is 4.39 Å². The number of fused-ring (bicyclic) bond motifs is 1. The molecule has 5 nitrogen and oxygen atoms in total. The van der Waals surface area contributed by atoms with E-state index in [1.807, 2.05) is 6.07 Å². The fourth-order valence-electron chi connectivity index (χ4n) is 3.79. The van der Waals surface area contributed by atoms with Crippen LogP contribution in [0, 0.1) is 11.7 Å². The number of carbonyl (C=O) groups excluding carboxylic acids is 1. The van der Waals surface area contributed by atoms with Crippen LogP contribution in [0.15, 0.2) is 18.2 Å². The van der Waals surface area contributed by atoms with Crippen LogP contribution >= 0.6 is 0 Å². The zero-order valence-electron chi connectivity index (χ0n) is 14.7. The first-order valence-electron chi connectivity index (χ1n) is 9.32. The van der Waals surface area contributed by atoms with Gasteiger partial charge in [-0.25, -0.2) is 9.37 Å². The van der Waals surface area contributed by atoms with Crippen LogP contribution < -0.4 is 5.32 Å². The third kappa shape index (κ3) is 3.40. The monoisotopic (exact) mass is 344 g/mol. The van der Waals surface area contributed by atoms with Crippen molar-refractivity contribution < 1.29 is 9.18 Å². The molecule has 134 valence electrons. The molecule has 25 heavy (non-hydrogen) atoms. The molecule has 6 heteroatoms. The van der Waals surface area contributed by atoms with Gasteiger partial charge in [0, 0.05) is 19.1 Å². The molecule has 1 saturated heterocycles. The Labute approximate surface area is 147 Å². The van der Waals surface area contributed by atoms with E-state index >= 15 is 0 Å². The maximum atomic E-state index is 14.0. The highest BCUT2D eigenvalue weighted by atomic mass is 19.1. The summed E-state index contributed by atoms with van der Waals surface area (Å²) in [6.45, 7) is 5.19. The van der Waals surface area contributed by atoms with Gasteiger partial charge in [0.2, 0.25) is 5.91 Å². The van der Waals surface area contributed by atoms with Gasteiger partial charge in [0.25, 0.3) is 0 Å². The van der Waals surface area contributed by atoms with Crippen molar-refractivity contribution in [2.24, 2.45) is 5.92 Å². The minimum absolute atomic E-state index is 0.0607. The molecule has 1 N–H and O–H groups in total. The molecule has 2 aliphatic rings. The summed E-state index contributed by atoms with van der Waals surface area (Å²) in [5.41, 5.74) is 1.29. The number of imidazole rings is 1. The average Bonchev–Trinajstić information content (AvgIpc) is 3.35. The van der Waals surface area contributed by atoms with E-state index in [4.69, 9.17) is 0 Å². The topological polar surface area (TPSA) is 50.2 Å². The highest BCUT2D eigenvalue weighted by molar-refractivity contribution is 5.79. The maximum absolute atomic E-state index is 14.0. The van der Waals surface area contributed by atoms with E-state index in [1.54, 1.807) is 6.07 Å². The Bertz CT molecular complexity index is 783. The van der Waals surface area contributed by atoms with Crippen molar-refractivity contribution in [2.75, 3.05) is 13.1 Å². The first-order valence-corrected chi connectivity index (χ1v) is 9.32. The standard InChI is InChI=1S/C19H25FN4O/c1-2-24-16-7-3-6-15(20)18(16)22-17(24)12-23-10-4-5-13(11-23)19(25)21-14-8-9-14/h3,6-7,13-14H,2,4-5,8-12H2,1H3,(H,21,25)/t13-/m0/s1. The van der Waals surface area contributed by atoms with Gasteiger partial charge in [-0.1, -0.05) is 6.07 Å². The number of aromatic nitrogens is 2. The zero-order valence-corrected chi connectivity index (χ0v) is 14.7. The SMILES string of the molecule is CCn1c(CN2CCC[C@H](C(=O)NC3CC3)C2)nc2c(F)cccc21. The Balaban J connectivity index is 1.50. The third-order valence-electron chi connectivity index (χ3n) is 5.29. The Hall–Kier alpha value is -1.95. The van der Waals surface area contributed by atoms with E-state index in [0.717, 1.165) is 56.7 Å². The number of carbonyl (C=O) groups is 1. The molecule has 2 fully saturated rings. The molecule has 1 saturated carbocycles. The van der Waals surface area contributed by atoms with Gasteiger partial charge >= 0.3 is 0 Å². The molecule has 0 radical (unpaired) electrons. The summed E-state index contributed by atoms with van der Waals surface area (Å²) in [5.74, 6) is 0.866. The minimum atomic E-state index is -0.272. The van der Waals surface area contributed by atoms with Crippen LogP contribution in [0.2, 0.25) is 0 Å². The van der Waals surface area contributed by atoms with Gasteiger partial charge in [-0.3, -0.25) is 9.69 Å². The van der Waals surface area contributed by atoms with Crippen molar-refractivity contribution in [1.82, 2.24) is 19.8 Å². The predicted octanol–water partition coefficient (Wildman–Crippen LogP) is 2.69. The molecule has 1 amide bonds. The molecular weight excluding hydrogens is 319 g/mol. The van der Waals surface area contributed by atoms with Crippen LogP contribution in [0.3, 0.4) is 0 Å². The van der Waals surface area contributed by atoms with Crippen LogP contribution in [0.25, 0.3) is 11.0 Å². The molecule has 0 unspecified atom stereocenters. The number of hydrogen-bond acceptors (Lipinski definition) is 3. The number of para-hydroxylation sites is 1. The fraction of sp³-hybridized carbons (Fsp3) is 0.579. The van der Waals surface area contributed by atoms with Crippen molar-refractivity contribution in [1.29, 1.82) is 0 Å². The van der Waals surface area contributed by atoms with E-state index in [9.17, 15) is 9.18 Å². The molecule has 1 atom stereocenters. The van der Waals surface area contributed by atoms with Gasteiger partial charge in [0.15, 0.2) is 5.82 Å². The molecule has 2 aromatic rings. The lowest BCUT2D eigenvalue weighted by Gasteiger charge is -2.31. The molecular formula is C19H25FN4O. The molecule has 1 aromatic heterocycles. The fourth-order valence-corrected chi connectivity index (χ4v) is 3.79. The van der Waals surface area contributed by atoms with E-state index in [2.05, 4.69) is 26.7 Å². The largest absolute Gasteiger partial charge is 0.353 e. The Kier molecular flexibility index (Phi) is 4.46. The quantitative estimate of drug-likeness (QED) is 0.907. The van der Waals surface area contributed by atoms with Crippen LogP contribution in [-0.2, 0) is 17.9 Å². The number of benzene rings is 1. The molecule has 0 spiro atoms. The van der Waals surface area contributed by atoms with Gasteiger partial charge in [-0.2, -0.15) is 0 Å². The number of aryl methyl sites for hydroxylation is 1. The number of hydrogen-bond donors (Lipinski definition) is 1. The average molecular weight is 344 g/mol. The third-order valence-corrected chi connectivity index (χ3v) is 5.29. The van der Waals surface area contributed by atoms with E-state index in [1.165, 1.54) is 6.07 Å². The van der Waals surface area contributed by atoms with Gasteiger partial charge in [-0.15, -0.1) is 0 Å². The normalized spacial score (nSPS) is 21.6. The summed E-state index contributed by atoms with van der Waals surface area (Å²) in [5, 5.41) is 3.12. The number of piperidine rings is 1. The molecule has 1 aromatic carbocycles. The molecule has 4 rings (SSSR count). The van der Waals surface area contributed by atoms with Crippen LogP contribution in [0.5, 0.6) is 0 Å². The maximum Gasteiger partial charge on any atom is 0.224 e. The second-order valence-electron chi connectivity index (χ2n) is 7.24. The Morgan fingerprint density at radius 3 is 2.96 bits per heavy atom. The summed E-state index contributed by atoms with van der Waals surface area (Å²) in [6, 6.07) is 5.52. The number of rotatable bonds is 5. The number of nitrogens with zero attached hydrogens (tertiary/aromatic N) is 3. The second kappa shape index (κ2) is 6.75. The van der Waals surface area contributed by atoms with Crippen molar-refractivity contribution in [3.05, 3.63) is 29.8 Å². The van der Waals surface area contributed by atoms with Gasteiger partial charge in [0.05, 0.1) is 18.0 Å². The van der Waals surface area contributed by atoms with Gasteiger partial charge in [-0.05, 0) is 51.3 Å². The second-order valence-corrected chi connectivity index (χ2v) is 7.24. The van der Waals surface area contributed by atoms with E-state index in [-0.39, 0.29) is 17.6 Å². The Morgan fingerprint density at radius 1 is 1.36 bits per heavy atom. The van der Waals surface area contributed by atoms with Crippen molar-refractivity contribution >= 4 is 16.9 Å². The van der Waals surface area contributed by atoms with Gasteiger partial charge in [0.1, 0.15) is 11.3 Å². The van der Waals surface area contributed by atoms with Crippen molar-refractivity contribution in [3.8, 4) is 0 Å². The molecule has 0 bridgehead atoms. The summed E-state index contributed by atoms with van der Waals surface area (Å²) >= 11 is 0. The first kappa shape index (κ1) is 16.5. The Morgan fingerprint density at radius 2 is 2.20 bits per heavy atom. The highest BCUT2D eigenvalue weighted by Gasteiger charge is 2.31. The van der Waals surface area contributed by atoms with Crippen molar-refractivity contribution in [2.45, 2.75) is 51.7 Å². The summed E-state index contributed by atoms with van der Waals surface area (Å²) < 4.78 is 16.1. The van der Waals surface area contributed by atoms with Crippen molar-refractivity contribution in [3.63, 3.8) is 0 Å². The van der Waals surface area contributed by atoms with E-state index < -0.39 is 0 Å². The highest BCUT2D eigenvalue weighted by Crippen LogP contribution is 2.24. The molecule has 1 aliphatic carbocycles. The molecule has 2 heterocycles. The van der Waals surface area contributed by atoms with Gasteiger partial charge < -0.3 is 9.88 Å². The number of halogens is 1. The molecule has 1 aliphatic heterocycles. The van der Waals surface area contributed by atoms with Crippen LogP contribution in [-0.4, -0.2) is 39.5 Å². The zero-order chi connectivity index (χ0) is 17.4. The first-order chi connectivity index (χ1) is 12.2. The summed E-state index contributed by atoms with van der Waals surface area (Å²) in [7, 11) is 0. The lowest BCUT2D eigenvalue weighted by atomic mass is 9.97. The lowest BCUT2D eigenvalue weighted by molar-refractivity contribution is -0.126. The smallest absolute Gasteiger partial charge is 0.224 e. The van der Waals surface area contributed by atoms with E-state index in [0.29, 0.717) is 18.1 Å². The van der Waals surface area contributed by atoms with Crippen LogP contribution in [0.1, 0.15) is 38.4 Å².